The van der Waals surface area contributed by atoms with E-state index in [1.165, 1.54) is 4.31 Å². The summed E-state index contributed by atoms with van der Waals surface area (Å²) in [5.41, 5.74) is 0.948. The minimum absolute atomic E-state index is 0.154. The van der Waals surface area contributed by atoms with E-state index in [4.69, 9.17) is 0 Å². The molecule has 0 atom stereocenters. The number of hydrogen-bond acceptors (Lipinski definition) is 4. The highest BCUT2D eigenvalue weighted by molar-refractivity contribution is 7.89. The third-order valence-corrected chi connectivity index (χ3v) is 8.07. The van der Waals surface area contributed by atoms with E-state index in [1.54, 1.807) is 24.3 Å². The van der Waals surface area contributed by atoms with Crippen LogP contribution in [0.2, 0.25) is 0 Å². The Balaban J connectivity index is 1.66. The molecule has 0 amide bonds. The molecule has 0 aromatic heterocycles. The molecule has 1 N–H and O–H groups in total. The Kier molecular flexibility index (Phi) is 5.85. The predicted molar refractivity (Wildman–Crippen MR) is 99.6 cm³/mol. The van der Waals surface area contributed by atoms with E-state index in [0.717, 1.165) is 17.7 Å². The van der Waals surface area contributed by atoms with Crippen molar-refractivity contribution in [3.63, 3.8) is 0 Å². The summed E-state index contributed by atoms with van der Waals surface area (Å²) >= 11 is 0. The van der Waals surface area contributed by atoms with Crippen LogP contribution in [0.3, 0.4) is 0 Å². The maximum Gasteiger partial charge on any atom is 0.243 e. The van der Waals surface area contributed by atoms with Crippen LogP contribution in [0.15, 0.2) is 52.3 Å². The fourth-order valence-corrected chi connectivity index (χ4v) is 5.79. The third-order valence-electron chi connectivity index (χ3n) is 4.64. The van der Waals surface area contributed by atoms with Gasteiger partial charge in [0.25, 0.3) is 0 Å². The lowest BCUT2D eigenvalue weighted by Crippen LogP contribution is -2.46. The van der Waals surface area contributed by atoms with Crippen LogP contribution in [0, 0.1) is 18.6 Å². The average Bonchev–Trinajstić information content (AvgIpc) is 2.64. The molecule has 0 aliphatic carbocycles. The SMILES string of the molecule is Cc1ccc(S(=O)(=O)N2CCC(NS(=O)(=O)c3ccc(F)c(F)c3)CC2)cc1. The molecule has 0 spiro atoms. The summed E-state index contributed by atoms with van der Waals surface area (Å²) in [6.07, 6.45) is 0.544. The van der Waals surface area contributed by atoms with Crippen LogP contribution in [0.5, 0.6) is 0 Å². The Morgan fingerprint density at radius 3 is 2.04 bits per heavy atom. The van der Waals surface area contributed by atoms with E-state index in [-0.39, 0.29) is 35.7 Å². The summed E-state index contributed by atoms with van der Waals surface area (Å²) < 4.78 is 80.2. The summed E-state index contributed by atoms with van der Waals surface area (Å²) in [7, 11) is -7.68. The lowest BCUT2D eigenvalue weighted by molar-refractivity contribution is 0.308. The van der Waals surface area contributed by atoms with Crippen molar-refractivity contribution in [1.82, 2.24) is 9.03 Å². The number of benzene rings is 2. The number of aryl methyl sites for hydroxylation is 1. The minimum Gasteiger partial charge on any atom is -0.208 e. The Bertz CT molecular complexity index is 1060. The average molecular weight is 430 g/mol. The number of hydrogen-bond donors (Lipinski definition) is 1. The van der Waals surface area contributed by atoms with Crippen molar-refractivity contribution >= 4 is 20.0 Å². The van der Waals surface area contributed by atoms with Gasteiger partial charge >= 0.3 is 0 Å². The molecule has 28 heavy (non-hydrogen) atoms. The molecule has 1 aliphatic heterocycles. The van der Waals surface area contributed by atoms with Gasteiger partial charge in [-0.05, 0) is 50.1 Å². The van der Waals surface area contributed by atoms with E-state index >= 15 is 0 Å². The topological polar surface area (TPSA) is 83.6 Å². The molecule has 1 saturated heterocycles. The van der Waals surface area contributed by atoms with Crippen LogP contribution >= 0.6 is 0 Å². The minimum atomic E-state index is -4.03. The van der Waals surface area contributed by atoms with Gasteiger partial charge in [-0.15, -0.1) is 0 Å². The molecule has 6 nitrogen and oxygen atoms in total. The van der Waals surface area contributed by atoms with Crippen LogP contribution in [0.4, 0.5) is 8.78 Å². The molecule has 1 heterocycles. The van der Waals surface area contributed by atoms with Gasteiger partial charge in [-0.2, -0.15) is 4.31 Å². The molecule has 10 heteroatoms. The third kappa shape index (κ3) is 4.40. The maximum absolute atomic E-state index is 13.3. The van der Waals surface area contributed by atoms with Crippen LogP contribution in [-0.2, 0) is 20.0 Å². The maximum atomic E-state index is 13.3. The normalized spacial score (nSPS) is 17.0. The molecular formula is C18H20F2N2O4S2. The second-order valence-corrected chi connectivity index (χ2v) is 10.3. The first-order valence-electron chi connectivity index (χ1n) is 8.64. The van der Waals surface area contributed by atoms with Crippen LogP contribution < -0.4 is 4.72 Å². The second-order valence-electron chi connectivity index (χ2n) is 6.69. The largest absolute Gasteiger partial charge is 0.243 e. The predicted octanol–water partition coefficient (Wildman–Crippen LogP) is 2.40. The quantitative estimate of drug-likeness (QED) is 0.790. The fourth-order valence-electron chi connectivity index (χ4n) is 3.00. The van der Waals surface area contributed by atoms with E-state index < -0.39 is 37.7 Å². The molecule has 0 radical (unpaired) electrons. The number of piperidine rings is 1. The van der Waals surface area contributed by atoms with E-state index in [0.29, 0.717) is 6.07 Å². The molecule has 152 valence electrons. The van der Waals surface area contributed by atoms with Crippen molar-refractivity contribution in [2.24, 2.45) is 0 Å². The highest BCUT2D eigenvalue weighted by Gasteiger charge is 2.31. The molecule has 0 saturated carbocycles. The van der Waals surface area contributed by atoms with Crippen molar-refractivity contribution < 1.29 is 25.6 Å². The van der Waals surface area contributed by atoms with Crippen molar-refractivity contribution in [2.75, 3.05) is 13.1 Å². The zero-order chi connectivity index (χ0) is 20.5. The molecule has 1 aliphatic rings. The number of nitrogens with one attached hydrogen (secondary N) is 1. The van der Waals surface area contributed by atoms with Crippen molar-refractivity contribution in [3.05, 3.63) is 59.7 Å². The van der Waals surface area contributed by atoms with E-state index in [2.05, 4.69) is 4.72 Å². The lowest BCUT2D eigenvalue weighted by atomic mass is 10.1. The first-order chi connectivity index (χ1) is 13.1. The number of sulfonamides is 2. The molecule has 3 rings (SSSR count). The Hall–Kier alpha value is -1.88. The van der Waals surface area contributed by atoms with Crippen molar-refractivity contribution in [1.29, 1.82) is 0 Å². The summed E-state index contributed by atoms with van der Waals surface area (Å²) in [6, 6.07) is 8.38. The van der Waals surface area contributed by atoms with Crippen LogP contribution in [0.1, 0.15) is 18.4 Å². The fraction of sp³-hybridized carbons (Fsp3) is 0.333. The highest BCUT2D eigenvalue weighted by Crippen LogP contribution is 2.22. The Morgan fingerprint density at radius 1 is 0.893 bits per heavy atom. The van der Waals surface area contributed by atoms with Gasteiger partial charge in [-0.25, -0.2) is 30.3 Å². The molecule has 0 unspecified atom stereocenters. The van der Waals surface area contributed by atoms with Gasteiger partial charge in [0.15, 0.2) is 11.6 Å². The summed E-state index contributed by atoms with van der Waals surface area (Å²) in [6.45, 7) is 2.17. The van der Waals surface area contributed by atoms with Gasteiger partial charge in [0.1, 0.15) is 0 Å². The Morgan fingerprint density at radius 2 is 1.46 bits per heavy atom. The zero-order valence-corrected chi connectivity index (χ0v) is 16.7. The summed E-state index contributed by atoms with van der Waals surface area (Å²) in [4.78, 5) is -0.181. The molecule has 1 fully saturated rings. The van der Waals surface area contributed by atoms with Crippen LogP contribution in [-0.4, -0.2) is 40.3 Å². The standard InChI is InChI=1S/C18H20F2N2O4S2/c1-13-2-4-15(5-3-13)28(25,26)22-10-8-14(9-11-22)21-27(23,24)16-6-7-17(19)18(20)12-16/h2-7,12,14,21H,8-11H2,1H3. The number of halogens is 2. The molecular weight excluding hydrogens is 410 g/mol. The summed E-state index contributed by atoms with van der Waals surface area (Å²) in [5.74, 6) is -2.38. The van der Waals surface area contributed by atoms with E-state index in [1.807, 2.05) is 6.92 Å². The monoisotopic (exact) mass is 430 g/mol. The van der Waals surface area contributed by atoms with Crippen molar-refractivity contribution in [2.45, 2.75) is 35.6 Å². The van der Waals surface area contributed by atoms with Gasteiger partial charge in [0, 0.05) is 19.1 Å². The molecule has 0 bridgehead atoms. The Labute approximate surface area is 163 Å². The first-order valence-corrected chi connectivity index (χ1v) is 11.6. The zero-order valence-electron chi connectivity index (χ0n) is 15.1. The summed E-state index contributed by atoms with van der Waals surface area (Å²) in [5, 5.41) is 0. The van der Waals surface area contributed by atoms with E-state index in [9.17, 15) is 25.6 Å². The van der Waals surface area contributed by atoms with Gasteiger partial charge in [0.05, 0.1) is 9.79 Å². The lowest BCUT2D eigenvalue weighted by Gasteiger charge is -2.31. The smallest absolute Gasteiger partial charge is 0.208 e. The number of nitrogens with zero attached hydrogens (tertiary/aromatic N) is 1. The van der Waals surface area contributed by atoms with Crippen molar-refractivity contribution in [3.8, 4) is 0 Å². The van der Waals surface area contributed by atoms with Crippen LogP contribution in [0.25, 0.3) is 0 Å². The highest BCUT2D eigenvalue weighted by atomic mass is 32.2. The van der Waals surface area contributed by atoms with Gasteiger partial charge in [-0.1, -0.05) is 17.7 Å². The van der Waals surface area contributed by atoms with Gasteiger partial charge in [-0.3, -0.25) is 0 Å². The van der Waals surface area contributed by atoms with Gasteiger partial charge in [0.2, 0.25) is 20.0 Å². The molecule has 2 aromatic rings. The first kappa shape index (κ1) is 20.8. The van der Waals surface area contributed by atoms with Gasteiger partial charge < -0.3 is 0 Å². The second kappa shape index (κ2) is 7.86. The molecule has 2 aromatic carbocycles. The number of rotatable bonds is 5.